The molecule has 1 amide bonds. The van der Waals surface area contributed by atoms with Crippen molar-refractivity contribution in [3.05, 3.63) is 48.0 Å². The summed E-state index contributed by atoms with van der Waals surface area (Å²) in [5, 5.41) is 4.10. The third-order valence-corrected chi connectivity index (χ3v) is 5.04. The molecule has 30 heavy (non-hydrogen) atoms. The molecule has 1 aliphatic heterocycles. The van der Waals surface area contributed by atoms with Gasteiger partial charge >= 0.3 is 0 Å². The van der Waals surface area contributed by atoms with Crippen molar-refractivity contribution in [2.24, 2.45) is 0 Å². The molecule has 3 aromatic rings. The van der Waals surface area contributed by atoms with Crippen molar-refractivity contribution in [2.75, 3.05) is 26.3 Å². The van der Waals surface area contributed by atoms with E-state index in [2.05, 4.69) is 10.1 Å². The number of aryl methyl sites for hydroxylation is 1. The van der Waals surface area contributed by atoms with E-state index in [-0.39, 0.29) is 12.5 Å². The van der Waals surface area contributed by atoms with Crippen LogP contribution in [-0.2, 0) is 4.79 Å². The largest absolute Gasteiger partial charge is 0.490 e. The molecule has 2 aromatic carbocycles. The van der Waals surface area contributed by atoms with Crippen LogP contribution in [-0.4, -0.2) is 47.3 Å². The Balaban J connectivity index is 1.51. The number of hydrogen-bond acceptors (Lipinski definition) is 6. The van der Waals surface area contributed by atoms with Crippen molar-refractivity contribution in [3.8, 4) is 34.3 Å². The molecule has 2 heterocycles. The number of ether oxygens (including phenoxy) is 2. The fourth-order valence-corrected chi connectivity index (χ4v) is 3.39. The van der Waals surface area contributed by atoms with Gasteiger partial charge in [-0.25, -0.2) is 0 Å². The van der Waals surface area contributed by atoms with Gasteiger partial charge in [0.25, 0.3) is 11.8 Å². The minimum Gasteiger partial charge on any atom is -0.490 e. The molecule has 0 aliphatic carbocycles. The molecule has 1 saturated heterocycles. The molecule has 0 radical (unpaired) electrons. The molecule has 1 fully saturated rings. The van der Waals surface area contributed by atoms with E-state index in [0.29, 0.717) is 29.8 Å². The molecule has 0 N–H and O–H groups in total. The van der Waals surface area contributed by atoms with Crippen LogP contribution in [0.5, 0.6) is 11.5 Å². The Morgan fingerprint density at radius 3 is 2.50 bits per heavy atom. The van der Waals surface area contributed by atoms with Crippen LogP contribution < -0.4 is 9.47 Å². The first-order valence-electron chi connectivity index (χ1n) is 10.2. The summed E-state index contributed by atoms with van der Waals surface area (Å²) in [5.74, 6) is 1.99. The van der Waals surface area contributed by atoms with Crippen LogP contribution in [0.3, 0.4) is 0 Å². The first-order valence-corrected chi connectivity index (χ1v) is 10.2. The number of hydrogen-bond donors (Lipinski definition) is 0. The van der Waals surface area contributed by atoms with Gasteiger partial charge in [0, 0.05) is 24.2 Å². The van der Waals surface area contributed by atoms with Gasteiger partial charge in [-0.3, -0.25) is 4.79 Å². The lowest BCUT2D eigenvalue weighted by Gasteiger charge is -2.17. The predicted molar refractivity (Wildman–Crippen MR) is 112 cm³/mol. The third-order valence-electron chi connectivity index (χ3n) is 5.04. The number of carbonyl (C=O) groups excluding carboxylic acids is 1. The highest BCUT2D eigenvalue weighted by atomic mass is 16.5. The maximum absolute atomic E-state index is 12.3. The molecule has 7 nitrogen and oxygen atoms in total. The first kappa shape index (κ1) is 19.9. The molecule has 4 rings (SSSR count). The lowest BCUT2D eigenvalue weighted by atomic mass is 10.1. The minimum absolute atomic E-state index is 0.0000624. The maximum atomic E-state index is 12.3. The summed E-state index contributed by atoms with van der Waals surface area (Å²) in [6.07, 6.45) is 2.11. The number of nitrogens with zero attached hydrogens (tertiary/aromatic N) is 3. The maximum Gasteiger partial charge on any atom is 0.260 e. The summed E-state index contributed by atoms with van der Waals surface area (Å²) >= 11 is 0. The Morgan fingerprint density at radius 2 is 1.77 bits per heavy atom. The van der Waals surface area contributed by atoms with Gasteiger partial charge in [-0.15, -0.1) is 0 Å². The third kappa shape index (κ3) is 4.45. The summed E-state index contributed by atoms with van der Waals surface area (Å²) in [6.45, 7) is 6.01. The van der Waals surface area contributed by atoms with Crippen LogP contribution >= 0.6 is 0 Å². The van der Waals surface area contributed by atoms with E-state index < -0.39 is 0 Å². The Bertz CT molecular complexity index is 1010. The SMILES string of the molecule is CCOc1cc(-c2noc(-c3ccc(C)cc3)n2)ccc1OCC(=O)N1CCCC1. The van der Waals surface area contributed by atoms with Crippen molar-refractivity contribution in [1.82, 2.24) is 15.0 Å². The van der Waals surface area contributed by atoms with E-state index in [4.69, 9.17) is 14.0 Å². The van der Waals surface area contributed by atoms with Gasteiger partial charge in [0.1, 0.15) is 0 Å². The number of likely N-dealkylation sites (tertiary alicyclic amines) is 1. The summed E-state index contributed by atoms with van der Waals surface area (Å²) in [6, 6.07) is 13.3. The van der Waals surface area contributed by atoms with Crippen molar-refractivity contribution in [2.45, 2.75) is 26.7 Å². The van der Waals surface area contributed by atoms with Gasteiger partial charge in [0.05, 0.1) is 6.61 Å². The summed E-state index contributed by atoms with van der Waals surface area (Å²) in [7, 11) is 0. The monoisotopic (exact) mass is 407 g/mol. The molecular weight excluding hydrogens is 382 g/mol. The number of benzene rings is 2. The second kappa shape index (κ2) is 8.98. The van der Waals surface area contributed by atoms with Gasteiger partial charge in [0.2, 0.25) is 5.82 Å². The molecule has 0 bridgehead atoms. The molecule has 1 aliphatic rings. The van der Waals surface area contributed by atoms with Gasteiger partial charge in [-0.1, -0.05) is 22.9 Å². The van der Waals surface area contributed by atoms with E-state index >= 15 is 0 Å². The molecule has 0 atom stereocenters. The van der Waals surface area contributed by atoms with Gasteiger partial charge in [0.15, 0.2) is 18.1 Å². The van der Waals surface area contributed by atoms with Crippen molar-refractivity contribution in [3.63, 3.8) is 0 Å². The fourth-order valence-electron chi connectivity index (χ4n) is 3.39. The first-order chi connectivity index (χ1) is 14.6. The number of aromatic nitrogens is 2. The number of amides is 1. The number of carbonyl (C=O) groups is 1. The van der Waals surface area contributed by atoms with Crippen molar-refractivity contribution >= 4 is 5.91 Å². The van der Waals surface area contributed by atoms with Gasteiger partial charge in [-0.05, 0) is 57.0 Å². The van der Waals surface area contributed by atoms with Crippen LogP contribution in [0.25, 0.3) is 22.8 Å². The van der Waals surface area contributed by atoms with E-state index in [1.54, 1.807) is 6.07 Å². The van der Waals surface area contributed by atoms with E-state index in [0.717, 1.165) is 37.1 Å². The zero-order chi connectivity index (χ0) is 20.9. The summed E-state index contributed by atoms with van der Waals surface area (Å²) in [5.41, 5.74) is 2.78. The average molecular weight is 407 g/mol. The molecule has 1 aromatic heterocycles. The van der Waals surface area contributed by atoms with Crippen LogP contribution in [0.1, 0.15) is 25.3 Å². The molecular formula is C23H25N3O4. The highest BCUT2D eigenvalue weighted by Crippen LogP contribution is 2.33. The second-order valence-corrected chi connectivity index (χ2v) is 7.26. The Labute approximate surface area is 175 Å². The van der Waals surface area contributed by atoms with E-state index in [1.807, 2.05) is 55.1 Å². The predicted octanol–water partition coefficient (Wildman–Crippen LogP) is 4.11. The fraction of sp³-hybridized carbons (Fsp3) is 0.348. The molecule has 156 valence electrons. The smallest absolute Gasteiger partial charge is 0.260 e. The zero-order valence-corrected chi connectivity index (χ0v) is 17.3. The van der Waals surface area contributed by atoms with E-state index in [1.165, 1.54) is 5.56 Å². The van der Waals surface area contributed by atoms with Crippen LogP contribution in [0.15, 0.2) is 47.0 Å². The van der Waals surface area contributed by atoms with Crippen LogP contribution in [0, 0.1) is 6.92 Å². The average Bonchev–Trinajstić information content (AvgIpc) is 3.46. The van der Waals surface area contributed by atoms with Gasteiger partial charge in [-0.2, -0.15) is 4.98 Å². The molecule has 0 spiro atoms. The number of rotatable bonds is 7. The van der Waals surface area contributed by atoms with Crippen molar-refractivity contribution < 1.29 is 18.8 Å². The Morgan fingerprint density at radius 1 is 1.03 bits per heavy atom. The van der Waals surface area contributed by atoms with E-state index in [9.17, 15) is 4.79 Å². The van der Waals surface area contributed by atoms with Crippen LogP contribution in [0.4, 0.5) is 0 Å². The summed E-state index contributed by atoms with van der Waals surface area (Å²) < 4.78 is 16.9. The minimum atomic E-state index is -0.000790. The standard InChI is InChI=1S/C23H25N3O4/c1-3-28-20-14-18(10-11-19(20)29-15-21(27)26-12-4-5-13-26)22-24-23(30-25-22)17-8-6-16(2)7-9-17/h6-11,14H,3-5,12-13,15H2,1-2H3. The Hall–Kier alpha value is -3.35. The quantitative estimate of drug-likeness (QED) is 0.587. The summed E-state index contributed by atoms with van der Waals surface area (Å²) in [4.78, 5) is 18.6. The lowest BCUT2D eigenvalue weighted by Crippen LogP contribution is -2.32. The zero-order valence-electron chi connectivity index (χ0n) is 17.3. The normalized spacial score (nSPS) is 13.5. The highest BCUT2D eigenvalue weighted by Gasteiger charge is 2.19. The highest BCUT2D eigenvalue weighted by molar-refractivity contribution is 5.78. The second-order valence-electron chi connectivity index (χ2n) is 7.26. The Kier molecular flexibility index (Phi) is 5.97. The topological polar surface area (TPSA) is 77.7 Å². The molecule has 0 saturated carbocycles. The van der Waals surface area contributed by atoms with Crippen LogP contribution in [0.2, 0.25) is 0 Å². The van der Waals surface area contributed by atoms with Crippen molar-refractivity contribution in [1.29, 1.82) is 0 Å². The lowest BCUT2D eigenvalue weighted by molar-refractivity contribution is -0.132. The van der Waals surface area contributed by atoms with Gasteiger partial charge < -0.3 is 18.9 Å². The molecule has 0 unspecified atom stereocenters. The molecule has 7 heteroatoms.